The fourth-order valence-corrected chi connectivity index (χ4v) is 5.01. The van der Waals surface area contributed by atoms with Crippen LogP contribution in [0.3, 0.4) is 0 Å². The number of halogens is 5. The van der Waals surface area contributed by atoms with Crippen molar-refractivity contribution in [3.63, 3.8) is 0 Å². The molecule has 0 saturated heterocycles. The van der Waals surface area contributed by atoms with Gasteiger partial charge in [0.25, 0.3) is 0 Å². The second-order valence-corrected chi connectivity index (χ2v) is 9.56. The first kappa shape index (κ1) is 18.1. The Morgan fingerprint density at radius 3 is 1.88 bits per heavy atom. The molecule has 0 bridgehead atoms. The van der Waals surface area contributed by atoms with Crippen molar-refractivity contribution in [1.29, 1.82) is 0 Å². The van der Waals surface area contributed by atoms with Crippen molar-refractivity contribution in [2.75, 3.05) is 5.73 Å². The Labute approximate surface area is 168 Å². The molecule has 10 heteroatoms. The number of nitrogen functional groups attached to an aromatic ring is 1. The summed E-state index contributed by atoms with van der Waals surface area (Å²) in [6.45, 7) is 0. The van der Waals surface area contributed by atoms with Gasteiger partial charge in [0.05, 0.1) is 29.4 Å². The first-order chi connectivity index (χ1) is 11.3. The molecule has 0 atom stereocenters. The van der Waals surface area contributed by atoms with E-state index in [2.05, 4.69) is 57.8 Å². The third kappa shape index (κ3) is 3.93. The zero-order valence-electron chi connectivity index (χ0n) is 11.5. The Balaban J connectivity index is 0.000000141. The van der Waals surface area contributed by atoms with Gasteiger partial charge in [-0.05, 0) is 59.9 Å². The Hall–Kier alpha value is -0.680. The summed E-state index contributed by atoms with van der Waals surface area (Å²) in [4.78, 5) is 8.04. The van der Waals surface area contributed by atoms with Crippen molar-refractivity contribution in [3.05, 3.63) is 48.8 Å². The molecule has 3 nitrogen and oxygen atoms in total. The number of nitrogens with zero attached hydrogens (tertiary/aromatic N) is 2. The largest absolute Gasteiger partial charge is 0.375 e. The molecule has 0 aliphatic rings. The fraction of sp³-hybridized carbons (Fsp3) is 0. The number of nitrogens with two attached hydrogens (primary N) is 1. The molecule has 0 fully saturated rings. The first-order valence-corrected chi connectivity index (χ1v) is 10.3. The lowest BCUT2D eigenvalue weighted by molar-refractivity contribution is 0.622. The minimum Gasteiger partial charge on any atom is -0.375 e. The molecule has 124 valence electrons. The maximum Gasteiger partial charge on any atom is 0.181 e. The van der Waals surface area contributed by atoms with Gasteiger partial charge in [0.1, 0.15) is 11.6 Å². The van der Waals surface area contributed by atoms with Crippen LogP contribution in [-0.4, -0.2) is 9.97 Å². The summed E-state index contributed by atoms with van der Waals surface area (Å²) in [6.07, 6.45) is 0. The molecular weight excluding hydrogens is 552 g/mol. The van der Waals surface area contributed by atoms with Gasteiger partial charge in [-0.25, -0.2) is 18.7 Å². The van der Waals surface area contributed by atoms with Gasteiger partial charge in [-0.3, -0.25) is 0 Å². The zero-order valence-corrected chi connectivity index (χ0v) is 17.9. The molecule has 2 aromatic carbocycles. The number of benzene rings is 2. The van der Waals surface area contributed by atoms with Gasteiger partial charge in [0.15, 0.2) is 9.05 Å². The van der Waals surface area contributed by atoms with Crippen molar-refractivity contribution in [2.45, 2.75) is 0 Å². The summed E-state index contributed by atoms with van der Waals surface area (Å²) in [5, 5.41) is 0.461. The van der Waals surface area contributed by atoms with E-state index in [4.69, 9.17) is 5.73 Å². The van der Waals surface area contributed by atoms with Crippen LogP contribution in [0.5, 0.6) is 0 Å². The number of aromatic nitrogens is 2. The van der Waals surface area contributed by atoms with Crippen LogP contribution in [0.2, 0.25) is 0 Å². The van der Waals surface area contributed by atoms with Gasteiger partial charge < -0.3 is 5.73 Å². The predicted octanol–water partition coefficient (Wildman–Crippen LogP) is 6.74. The van der Waals surface area contributed by atoms with Crippen LogP contribution in [0.4, 0.5) is 13.9 Å². The topological polar surface area (TPSA) is 51.8 Å². The van der Waals surface area contributed by atoms with E-state index in [0.29, 0.717) is 25.1 Å². The van der Waals surface area contributed by atoms with Gasteiger partial charge in [0.2, 0.25) is 0 Å². The van der Waals surface area contributed by atoms with Crippen LogP contribution >= 0.6 is 70.5 Å². The van der Waals surface area contributed by atoms with E-state index >= 15 is 0 Å². The Morgan fingerprint density at radius 1 is 0.792 bits per heavy atom. The summed E-state index contributed by atoms with van der Waals surface area (Å²) in [5.41, 5.74) is 6.76. The molecule has 2 heterocycles. The summed E-state index contributed by atoms with van der Waals surface area (Å²) in [5.74, 6) is -0.590. The first-order valence-electron chi connectivity index (χ1n) is 6.25. The smallest absolute Gasteiger partial charge is 0.181 e. The molecule has 0 saturated carbocycles. The summed E-state index contributed by atoms with van der Waals surface area (Å²) < 4.78 is 29.4. The van der Waals surface area contributed by atoms with E-state index in [0.717, 1.165) is 13.3 Å². The van der Waals surface area contributed by atoms with Crippen LogP contribution in [0.1, 0.15) is 0 Å². The van der Waals surface area contributed by atoms with E-state index in [1.165, 1.54) is 34.8 Å². The van der Waals surface area contributed by atoms with E-state index in [-0.39, 0.29) is 11.6 Å². The second-order valence-electron chi connectivity index (χ2n) is 4.49. The lowest BCUT2D eigenvalue weighted by Gasteiger charge is -1.91. The molecule has 2 aromatic heterocycles. The van der Waals surface area contributed by atoms with Gasteiger partial charge in [0, 0.05) is 12.1 Å². The molecule has 0 aliphatic heterocycles. The minimum atomic E-state index is -0.312. The highest BCUT2D eigenvalue weighted by atomic mass is 79.9. The summed E-state index contributed by atoms with van der Waals surface area (Å²) in [6, 6.07) is 6.19. The molecule has 24 heavy (non-hydrogen) atoms. The average Bonchev–Trinajstić information content (AvgIpc) is 3.01. The second kappa shape index (κ2) is 7.28. The quantitative estimate of drug-likeness (QED) is 0.260. The third-order valence-corrected chi connectivity index (χ3v) is 6.38. The molecule has 0 amide bonds. The third-order valence-electron chi connectivity index (χ3n) is 2.85. The number of thiazole rings is 2. The van der Waals surface area contributed by atoms with Crippen LogP contribution in [-0.2, 0) is 0 Å². The monoisotopic (exact) mass is 555 g/mol. The number of fused-ring (bicyclic) bond motifs is 2. The van der Waals surface area contributed by atoms with Crippen LogP contribution in [0.25, 0.3) is 20.4 Å². The highest BCUT2D eigenvalue weighted by Gasteiger charge is 2.06. The lowest BCUT2D eigenvalue weighted by atomic mass is 10.3. The number of hydrogen-bond acceptors (Lipinski definition) is 5. The van der Waals surface area contributed by atoms with Crippen molar-refractivity contribution in [2.24, 2.45) is 0 Å². The van der Waals surface area contributed by atoms with Gasteiger partial charge >= 0.3 is 0 Å². The molecule has 0 radical (unpaired) electrons. The van der Waals surface area contributed by atoms with Crippen LogP contribution in [0, 0.1) is 11.6 Å². The highest BCUT2D eigenvalue weighted by Crippen LogP contribution is 2.30. The number of anilines is 1. The van der Waals surface area contributed by atoms with E-state index in [1.807, 2.05) is 0 Å². The lowest BCUT2D eigenvalue weighted by Crippen LogP contribution is -1.80. The van der Waals surface area contributed by atoms with Crippen molar-refractivity contribution in [1.82, 2.24) is 9.97 Å². The maximum absolute atomic E-state index is 13.0. The van der Waals surface area contributed by atoms with Gasteiger partial charge in [-0.15, -0.1) is 11.3 Å². The molecule has 0 spiro atoms. The Bertz CT molecular complexity index is 887. The minimum absolute atomic E-state index is 0.277. The van der Waals surface area contributed by atoms with Gasteiger partial charge in [-0.2, -0.15) is 0 Å². The standard InChI is InChI=1S/C7H2Br2FNS.C7H4BrFN2S/c8-3-1-6-5(2-4(3)10)11-7(9)12-6;8-3-1-6-5(2-4(3)9)11-7(10)12-6/h1-2H;1-2H,(H2,10,11). The van der Waals surface area contributed by atoms with E-state index in [1.54, 1.807) is 12.1 Å². The number of rotatable bonds is 0. The maximum atomic E-state index is 13.0. The highest BCUT2D eigenvalue weighted by molar-refractivity contribution is 9.11. The molecule has 4 rings (SSSR count). The molecule has 0 aliphatic carbocycles. The van der Waals surface area contributed by atoms with Gasteiger partial charge in [-0.1, -0.05) is 11.3 Å². The summed E-state index contributed by atoms with van der Waals surface area (Å²) >= 11 is 12.3. The van der Waals surface area contributed by atoms with Crippen molar-refractivity contribution in [3.8, 4) is 0 Å². The van der Waals surface area contributed by atoms with Crippen molar-refractivity contribution < 1.29 is 8.78 Å². The Morgan fingerprint density at radius 2 is 1.29 bits per heavy atom. The normalized spacial score (nSPS) is 10.9. The SMILES string of the molecule is Fc1cc2nc(Br)sc2cc1Br.Nc1nc2cc(F)c(Br)cc2s1. The zero-order chi connectivity index (χ0) is 17.4. The summed E-state index contributed by atoms with van der Waals surface area (Å²) in [7, 11) is 0. The molecular formula is C14H6Br3F2N3S2. The van der Waals surface area contributed by atoms with E-state index in [9.17, 15) is 8.78 Å². The van der Waals surface area contributed by atoms with Crippen LogP contribution < -0.4 is 5.73 Å². The average molecular weight is 558 g/mol. The molecule has 4 aromatic rings. The van der Waals surface area contributed by atoms with Crippen LogP contribution in [0.15, 0.2) is 37.1 Å². The predicted molar refractivity (Wildman–Crippen MR) is 107 cm³/mol. The van der Waals surface area contributed by atoms with Crippen molar-refractivity contribution >= 4 is 96.0 Å². The fourth-order valence-electron chi connectivity index (χ4n) is 1.84. The molecule has 0 unspecified atom stereocenters. The van der Waals surface area contributed by atoms with E-state index < -0.39 is 0 Å². The number of hydrogen-bond donors (Lipinski definition) is 1. The Kier molecular flexibility index (Phi) is 5.50. The molecule has 2 N–H and O–H groups in total.